The van der Waals surface area contributed by atoms with Gasteiger partial charge in [-0.05, 0) is 68.5 Å². The van der Waals surface area contributed by atoms with Gasteiger partial charge in [-0.25, -0.2) is 30.3 Å². The Hall–Kier alpha value is -1.75. The molecule has 0 bridgehead atoms. The molecule has 1 saturated carbocycles. The summed E-state index contributed by atoms with van der Waals surface area (Å²) in [7, 11) is -7.82. The average Bonchev–Trinajstić information content (AvgIpc) is 2.76. The van der Waals surface area contributed by atoms with Crippen LogP contribution >= 0.6 is 11.6 Å². The highest BCUT2D eigenvalue weighted by molar-refractivity contribution is 7.92. The Morgan fingerprint density at radius 2 is 1.76 bits per heavy atom. The Morgan fingerprint density at radius 1 is 1.12 bits per heavy atom. The van der Waals surface area contributed by atoms with Gasteiger partial charge in [-0.15, -0.1) is 0 Å². The molecular weight excluding hydrogens is 508 g/mol. The van der Waals surface area contributed by atoms with Crippen molar-refractivity contribution >= 4 is 31.5 Å². The van der Waals surface area contributed by atoms with Gasteiger partial charge in [-0.1, -0.05) is 19.0 Å². The minimum absolute atomic E-state index is 0. The SMILES string of the molecule is C.C[C@@H]1C[C@@H]2[C@@H](CC[C@@]3(S(=O)(=O)c4ccc(Cl)cc4)c4c(F)ccc(F)c4OC[C@@H]23)NS1(=O)=O. The van der Waals surface area contributed by atoms with Crippen LogP contribution in [0.1, 0.15) is 39.2 Å². The molecule has 0 aromatic heterocycles. The molecule has 1 saturated heterocycles. The lowest BCUT2D eigenvalue weighted by molar-refractivity contribution is 0.0500. The largest absolute Gasteiger partial charge is 0.490 e. The maximum atomic E-state index is 15.4. The monoisotopic (exact) mass is 533 g/mol. The molecule has 2 fully saturated rings. The number of halogens is 3. The minimum atomic E-state index is -4.27. The molecule has 0 radical (unpaired) electrons. The predicted molar refractivity (Wildman–Crippen MR) is 125 cm³/mol. The van der Waals surface area contributed by atoms with Gasteiger partial charge in [0.15, 0.2) is 21.4 Å². The Balaban J connectivity index is 0.00000274. The van der Waals surface area contributed by atoms with E-state index in [2.05, 4.69) is 4.72 Å². The normalized spacial score (nSPS) is 31.8. The second-order valence-corrected chi connectivity index (χ2v) is 13.8. The van der Waals surface area contributed by atoms with Gasteiger partial charge >= 0.3 is 0 Å². The number of sulfone groups is 1. The number of fused-ring (bicyclic) bond motifs is 5. The van der Waals surface area contributed by atoms with Crippen molar-refractivity contribution in [2.45, 2.75) is 54.5 Å². The number of rotatable bonds is 2. The summed E-state index contributed by atoms with van der Waals surface area (Å²) in [5, 5.41) is -0.418. The maximum Gasteiger partial charge on any atom is 0.214 e. The molecule has 6 nitrogen and oxygen atoms in total. The van der Waals surface area contributed by atoms with Gasteiger partial charge in [0.25, 0.3) is 0 Å². The van der Waals surface area contributed by atoms with E-state index >= 15 is 4.39 Å². The van der Waals surface area contributed by atoms with Gasteiger partial charge in [-0.3, -0.25) is 0 Å². The molecule has 0 amide bonds. The molecule has 2 aromatic carbocycles. The van der Waals surface area contributed by atoms with E-state index in [1.165, 1.54) is 24.3 Å². The van der Waals surface area contributed by atoms with Crippen LogP contribution in [0.15, 0.2) is 41.3 Å². The fourth-order valence-corrected chi connectivity index (χ4v) is 9.76. The Labute approximate surface area is 203 Å². The summed E-state index contributed by atoms with van der Waals surface area (Å²) in [4.78, 5) is -0.0590. The van der Waals surface area contributed by atoms with Crippen LogP contribution < -0.4 is 9.46 Å². The standard InChI is InChI=1S/C22H22ClF2NO5S2.CH4/c1-12-10-15-16-11-31-21-18(25)7-6-17(24)20(21)22(16,9-8-19(15)26-33(12,29)30)32(27,28)14-4-2-13(23)3-5-14;/h2-7,12,15-16,19,26H,8-11H2,1H3;1H4/t12-,15+,16+,19-,22+;/m1./s1. The second-order valence-electron chi connectivity index (χ2n) is 9.02. The number of hydrogen-bond donors (Lipinski definition) is 1. The van der Waals surface area contributed by atoms with Crippen LogP contribution in [0.4, 0.5) is 8.78 Å². The average molecular weight is 534 g/mol. The van der Waals surface area contributed by atoms with E-state index in [-0.39, 0.29) is 43.8 Å². The molecule has 5 rings (SSSR count). The zero-order chi connectivity index (χ0) is 23.8. The quantitative estimate of drug-likeness (QED) is 0.617. The summed E-state index contributed by atoms with van der Waals surface area (Å²) in [6, 6.07) is 6.90. The van der Waals surface area contributed by atoms with Crippen molar-refractivity contribution in [3.8, 4) is 5.75 Å². The van der Waals surface area contributed by atoms with Gasteiger partial charge in [0.2, 0.25) is 10.0 Å². The van der Waals surface area contributed by atoms with Crippen molar-refractivity contribution in [2.24, 2.45) is 11.8 Å². The number of ether oxygens (including phenoxy) is 1. The second kappa shape index (κ2) is 8.43. The lowest BCUT2D eigenvalue weighted by atomic mass is 9.64. The van der Waals surface area contributed by atoms with Crippen molar-refractivity contribution in [2.75, 3.05) is 6.61 Å². The molecule has 186 valence electrons. The third-order valence-electron chi connectivity index (χ3n) is 7.40. The first-order valence-corrected chi connectivity index (χ1v) is 14.0. The zero-order valence-electron chi connectivity index (χ0n) is 17.6. The first kappa shape index (κ1) is 25.3. The fourth-order valence-electron chi connectivity index (χ4n) is 5.81. The van der Waals surface area contributed by atoms with Gasteiger partial charge in [-0.2, -0.15) is 0 Å². The molecule has 1 aliphatic carbocycles. The van der Waals surface area contributed by atoms with Crippen molar-refractivity contribution in [1.29, 1.82) is 0 Å². The molecular formula is C23H26ClF2NO5S2. The van der Waals surface area contributed by atoms with E-state index in [0.717, 1.165) is 12.1 Å². The number of nitrogens with one attached hydrogen (secondary N) is 1. The van der Waals surface area contributed by atoms with E-state index < -0.39 is 65.1 Å². The van der Waals surface area contributed by atoms with Crippen LogP contribution in [0.2, 0.25) is 5.02 Å². The summed E-state index contributed by atoms with van der Waals surface area (Å²) in [6.07, 6.45) is 0.269. The lowest BCUT2D eigenvalue weighted by Gasteiger charge is -2.54. The van der Waals surface area contributed by atoms with E-state index in [1.807, 2.05) is 0 Å². The van der Waals surface area contributed by atoms with Gasteiger partial charge in [0.05, 0.1) is 22.3 Å². The van der Waals surface area contributed by atoms with Crippen molar-refractivity contribution in [1.82, 2.24) is 4.72 Å². The van der Waals surface area contributed by atoms with Crippen molar-refractivity contribution < 1.29 is 30.4 Å². The number of hydrogen-bond acceptors (Lipinski definition) is 5. The van der Waals surface area contributed by atoms with Crippen LogP contribution in [0.5, 0.6) is 5.75 Å². The highest BCUT2D eigenvalue weighted by Gasteiger charge is 2.64. The van der Waals surface area contributed by atoms with E-state index in [4.69, 9.17) is 16.3 Å². The minimum Gasteiger partial charge on any atom is -0.490 e. The molecule has 11 heteroatoms. The molecule has 0 spiro atoms. The lowest BCUT2D eigenvalue weighted by Crippen LogP contribution is -2.63. The van der Waals surface area contributed by atoms with Crippen LogP contribution in [0, 0.1) is 23.5 Å². The first-order chi connectivity index (χ1) is 15.5. The van der Waals surface area contributed by atoms with E-state index in [9.17, 15) is 21.2 Å². The number of benzene rings is 2. The summed E-state index contributed by atoms with van der Waals surface area (Å²) < 4.78 is 89.9. The maximum absolute atomic E-state index is 15.4. The fraction of sp³-hybridized carbons (Fsp3) is 0.478. The molecule has 2 aliphatic heterocycles. The molecule has 1 N–H and O–H groups in total. The summed E-state index contributed by atoms with van der Waals surface area (Å²) in [5.41, 5.74) is -0.312. The topological polar surface area (TPSA) is 89.5 Å². The predicted octanol–water partition coefficient (Wildman–Crippen LogP) is 4.42. The Bertz CT molecular complexity index is 1330. The smallest absolute Gasteiger partial charge is 0.214 e. The van der Waals surface area contributed by atoms with Crippen molar-refractivity contribution in [3.05, 3.63) is 58.6 Å². The molecule has 2 aromatic rings. The molecule has 34 heavy (non-hydrogen) atoms. The van der Waals surface area contributed by atoms with Crippen LogP contribution in [-0.4, -0.2) is 34.7 Å². The highest BCUT2D eigenvalue weighted by Crippen LogP contribution is 2.59. The van der Waals surface area contributed by atoms with Gasteiger partial charge in [0, 0.05) is 17.0 Å². The highest BCUT2D eigenvalue weighted by atomic mass is 35.5. The summed E-state index contributed by atoms with van der Waals surface area (Å²) in [5.74, 6) is -3.32. The molecule has 2 heterocycles. The third kappa shape index (κ3) is 3.48. The van der Waals surface area contributed by atoms with Gasteiger partial charge < -0.3 is 4.74 Å². The van der Waals surface area contributed by atoms with E-state index in [1.54, 1.807) is 6.92 Å². The van der Waals surface area contributed by atoms with Gasteiger partial charge in [0.1, 0.15) is 10.6 Å². The molecule has 3 aliphatic rings. The molecule has 0 unspecified atom stereocenters. The molecule has 5 atom stereocenters. The summed E-state index contributed by atoms with van der Waals surface area (Å²) >= 11 is 5.95. The Kier molecular flexibility index (Phi) is 6.28. The van der Waals surface area contributed by atoms with Crippen LogP contribution in [-0.2, 0) is 24.6 Å². The zero-order valence-corrected chi connectivity index (χ0v) is 20.0. The van der Waals surface area contributed by atoms with Crippen molar-refractivity contribution in [3.63, 3.8) is 0 Å². The van der Waals surface area contributed by atoms with Crippen LogP contribution in [0.25, 0.3) is 0 Å². The Morgan fingerprint density at radius 3 is 2.44 bits per heavy atom. The first-order valence-electron chi connectivity index (χ1n) is 10.6. The third-order valence-corrected chi connectivity index (χ3v) is 12.1. The number of sulfonamides is 1. The van der Waals surface area contributed by atoms with E-state index in [0.29, 0.717) is 5.02 Å². The summed E-state index contributed by atoms with van der Waals surface area (Å²) in [6.45, 7) is 1.39. The van der Waals surface area contributed by atoms with Crippen LogP contribution in [0.3, 0.4) is 0 Å².